The molecule has 3 rings (SSSR count). The molecule has 1 aliphatic rings. The molecule has 1 amide bonds. The minimum atomic E-state index is 0.0903. The Morgan fingerprint density at radius 2 is 2.05 bits per heavy atom. The van der Waals surface area contributed by atoms with Crippen LogP contribution in [0.4, 0.5) is 5.82 Å². The number of anilines is 1. The number of fused-ring (bicyclic) bond motifs is 1. The highest BCUT2D eigenvalue weighted by Gasteiger charge is 2.15. The molecule has 0 atom stereocenters. The van der Waals surface area contributed by atoms with Gasteiger partial charge in [-0.1, -0.05) is 0 Å². The summed E-state index contributed by atoms with van der Waals surface area (Å²) < 4.78 is 0. The molecule has 0 radical (unpaired) electrons. The lowest BCUT2D eigenvalue weighted by molar-refractivity contribution is -0.129. The van der Waals surface area contributed by atoms with E-state index in [1.807, 2.05) is 17.0 Å². The Morgan fingerprint density at radius 3 is 2.90 bits per heavy atom. The van der Waals surface area contributed by atoms with E-state index in [4.69, 9.17) is 0 Å². The van der Waals surface area contributed by atoms with Crippen molar-refractivity contribution >= 4 is 22.9 Å². The van der Waals surface area contributed by atoms with E-state index in [9.17, 15) is 4.79 Å². The normalized spacial score (nSPS) is 15.3. The van der Waals surface area contributed by atoms with Gasteiger partial charge in [0.1, 0.15) is 11.3 Å². The molecular formula is C13H16N6O. The van der Waals surface area contributed by atoms with Crippen molar-refractivity contribution in [2.75, 3.05) is 38.0 Å². The van der Waals surface area contributed by atoms with E-state index in [0.29, 0.717) is 11.5 Å². The van der Waals surface area contributed by atoms with Gasteiger partial charge in [-0.15, -0.1) is 0 Å². The molecular weight excluding hydrogens is 256 g/mol. The number of pyridine rings is 1. The molecule has 1 aliphatic heterocycles. The van der Waals surface area contributed by atoms with Crippen LogP contribution in [0.1, 0.15) is 0 Å². The maximum Gasteiger partial charge on any atom is 0.242 e. The van der Waals surface area contributed by atoms with Crippen molar-refractivity contribution in [3.63, 3.8) is 0 Å². The second-order valence-electron chi connectivity index (χ2n) is 4.58. The van der Waals surface area contributed by atoms with Crippen LogP contribution in [0.5, 0.6) is 0 Å². The molecule has 2 aromatic heterocycles. The third-order valence-electron chi connectivity index (χ3n) is 3.22. The first-order valence-electron chi connectivity index (χ1n) is 6.63. The van der Waals surface area contributed by atoms with E-state index in [0.717, 1.165) is 31.7 Å². The molecule has 2 aromatic rings. The van der Waals surface area contributed by atoms with Gasteiger partial charge in [-0.25, -0.2) is 9.97 Å². The van der Waals surface area contributed by atoms with Crippen molar-refractivity contribution in [3.05, 3.63) is 24.5 Å². The number of hydrogen-bond acceptors (Lipinski definition) is 6. The molecule has 0 unspecified atom stereocenters. The van der Waals surface area contributed by atoms with Gasteiger partial charge in [0.05, 0.1) is 6.54 Å². The number of nitrogens with one attached hydrogen (secondary N) is 2. The van der Waals surface area contributed by atoms with E-state index in [2.05, 4.69) is 25.6 Å². The Morgan fingerprint density at radius 1 is 1.25 bits per heavy atom. The van der Waals surface area contributed by atoms with Crippen molar-refractivity contribution in [2.45, 2.75) is 0 Å². The van der Waals surface area contributed by atoms with Gasteiger partial charge in [-0.3, -0.25) is 9.78 Å². The molecule has 1 fully saturated rings. The van der Waals surface area contributed by atoms with E-state index in [1.165, 1.54) is 0 Å². The van der Waals surface area contributed by atoms with Crippen molar-refractivity contribution in [1.29, 1.82) is 0 Å². The predicted molar refractivity (Wildman–Crippen MR) is 75.3 cm³/mol. The molecule has 3 heterocycles. The topological polar surface area (TPSA) is 83.0 Å². The molecule has 0 saturated carbocycles. The third kappa shape index (κ3) is 2.83. The molecule has 7 nitrogen and oxygen atoms in total. The Hall–Kier alpha value is -2.28. The molecule has 20 heavy (non-hydrogen) atoms. The number of carbonyl (C=O) groups is 1. The van der Waals surface area contributed by atoms with Crippen LogP contribution in [-0.2, 0) is 4.79 Å². The molecule has 0 spiro atoms. The number of hydrogen-bond donors (Lipinski definition) is 2. The average molecular weight is 272 g/mol. The van der Waals surface area contributed by atoms with Crippen molar-refractivity contribution < 1.29 is 4.79 Å². The maximum atomic E-state index is 12.0. The first-order chi connectivity index (χ1) is 9.83. The number of amides is 1. The van der Waals surface area contributed by atoms with Crippen LogP contribution in [0.3, 0.4) is 0 Å². The van der Waals surface area contributed by atoms with Gasteiger partial charge in [-0.2, -0.15) is 0 Å². The first-order valence-corrected chi connectivity index (χ1v) is 6.63. The zero-order valence-electron chi connectivity index (χ0n) is 11.0. The summed E-state index contributed by atoms with van der Waals surface area (Å²) >= 11 is 0. The van der Waals surface area contributed by atoms with Crippen LogP contribution >= 0.6 is 0 Å². The fourth-order valence-electron chi connectivity index (χ4n) is 2.15. The number of nitrogens with zero attached hydrogens (tertiary/aromatic N) is 4. The smallest absolute Gasteiger partial charge is 0.242 e. The van der Waals surface area contributed by atoms with Crippen LogP contribution < -0.4 is 10.6 Å². The molecule has 2 N–H and O–H groups in total. The van der Waals surface area contributed by atoms with Gasteiger partial charge in [0, 0.05) is 38.6 Å². The average Bonchev–Trinajstić information content (AvgIpc) is 2.53. The fourth-order valence-corrected chi connectivity index (χ4v) is 2.15. The minimum Gasteiger partial charge on any atom is -0.361 e. The van der Waals surface area contributed by atoms with E-state index < -0.39 is 0 Å². The quantitative estimate of drug-likeness (QED) is 0.810. The van der Waals surface area contributed by atoms with Gasteiger partial charge in [0.25, 0.3) is 0 Å². The van der Waals surface area contributed by atoms with Crippen LogP contribution in [0, 0.1) is 0 Å². The largest absolute Gasteiger partial charge is 0.361 e. The summed E-state index contributed by atoms with van der Waals surface area (Å²) in [7, 11) is 0. The number of aromatic nitrogens is 3. The highest BCUT2D eigenvalue weighted by atomic mass is 16.2. The van der Waals surface area contributed by atoms with E-state index in [1.54, 1.807) is 12.4 Å². The molecule has 104 valence electrons. The highest BCUT2D eigenvalue weighted by molar-refractivity contribution is 5.81. The Bertz CT molecular complexity index is 611. The SMILES string of the molecule is O=C(CNc1ccc2nccnc2n1)N1CCNCC1. The summed E-state index contributed by atoms with van der Waals surface area (Å²) in [5.41, 5.74) is 1.32. The van der Waals surface area contributed by atoms with Crippen LogP contribution in [-0.4, -0.2) is 58.5 Å². The summed E-state index contributed by atoms with van der Waals surface area (Å²) in [6, 6.07) is 3.65. The van der Waals surface area contributed by atoms with Gasteiger partial charge in [0.15, 0.2) is 5.65 Å². The number of piperazine rings is 1. The Balaban J connectivity index is 1.62. The van der Waals surface area contributed by atoms with Gasteiger partial charge >= 0.3 is 0 Å². The lowest BCUT2D eigenvalue weighted by atomic mass is 10.3. The second-order valence-corrected chi connectivity index (χ2v) is 4.58. The lowest BCUT2D eigenvalue weighted by Crippen LogP contribution is -2.48. The Labute approximate surface area is 116 Å². The fraction of sp³-hybridized carbons (Fsp3) is 0.385. The van der Waals surface area contributed by atoms with Crippen LogP contribution in [0.25, 0.3) is 11.2 Å². The third-order valence-corrected chi connectivity index (χ3v) is 3.22. The second kappa shape index (κ2) is 5.79. The van der Waals surface area contributed by atoms with Gasteiger partial charge in [-0.05, 0) is 12.1 Å². The van der Waals surface area contributed by atoms with E-state index >= 15 is 0 Å². The summed E-state index contributed by atoms with van der Waals surface area (Å²) in [6.45, 7) is 3.48. The molecule has 7 heteroatoms. The lowest BCUT2D eigenvalue weighted by Gasteiger charge is -2.27. The molecule has 1 saturated heterocycles. The molecule has 0 bridgehead atoms. The predicted octanol–water partition coefficient (Wildman–Crippen LogP) is -0.131. The Kier molecular flexibility index (Phi) is 3.69. The number of rotatable bonds is 3. The summed E-state index contributed by atoms with van der Waals surface area (Å²) in [4.78, 5) is 26.5. The molecule has 0 aliphatic carbocycles. The van der Waals surface area contributed by atoms with E-state index in [-0.39, 0.29) is 12.5 Å². The first kappa shape index (κ1) is 12.7. The highest BCUT2D eigenvalue weighted by Crippen LogP contribution is 2.09. The zero-order valence-corrected chi connectivity index (χ0v) is 11.0. The monoisotopic (exact) mass is 272 g/mol. The maximum absolute atomic E-state index is 12.0. The van der Waals surface area contributed by atoms with Crippen molar-refractivity contribution in [2.24, 2.45) is 0 Å². The molecule has 0 aromatic carbocycles. The number of carbonyl (C=O) groups excluding carboxylic acids is 1. The summed E-state index contributed by atoms with van der Waals surface area (Å²) in [5.74, 6) is 0.731. The standard InChI is InChI=1S/C13H16N6O/c20-12(19-7-5-14-6-8-19)9-17-11-2-1-10-13(18-11)16-4-3-15-10/h1-4,14H,5-9H2,(H,16,17,18). The zero-order chi connectivity index (χ0) is 13.8. The van der Waals surface area contributed by atoms with Gasteiger partial charge < -0.3 is 15.5 Å². The van der Waals surface area contributed by atoms with Crippen molar-refractivity contribution in [1.82, 2.24) is 25.2 Å². The summed E-state index contributed by atoms with van der Waals surface area (Å²) in [6.07, 6.45) is 3.23. The summed E-state index contributed by atoms with van der Waals surface area (Å²) in [5, 5.41) is 6.27. The minimum absolute atomic E-state index is 0.0903. The van der Waals surface area contributed by atoms with Crippen LogP contribution in [0.2, 0.25) is 0 Å². The van der Waals surface area contributed by atoms with Crippen molar-refractivity contribution in [3.8, 4) is 0 Å². The van der Waals surface area contributed by atoms with Crippen LogP contribution in [0.15, 0.2) is 24.5 Å². The van der Waals surface area contributed by atoms with Gasteiger partial charge in [0.2, 0.25) is 5.91 Å².